The molecule has 1 aliphatic rings. The molecule has 0 radical (unpaired) electrons. The van der Waals surface area contributed by atoms with Crippen molar-refractivity contribution >= 4 is 17.6 Å². The summed E-state index contributed by atoms with van der Waals surface area (Å²) in [4.78, 5) is 23.8. The second kappa shape index (κ2) is 4.26. The van der Waals surface area contributed by atoms with E-state index in [4.69, 9.17) is 4.74 Å². The average Bonchev–Trinajstić information content (AvgIpc) is 2.59. The first-order valence-electron chi connectivity index (χ1n) is 5.11. The number of rotatable bonds is 2. The van der Waals surface area contributed by atoms with Crippen LogP contribution in [0.15, 0.2) is 24.8 Å². The van der Waals surface area contributed by atoms with Crippen molar-refractivity contribution in [2.24, 2.45) is 0 Å². The van der Waals surface area contributed by atoms with Gasteiger partial charge in [-0.05, 0) is 17.7 Å². The third-order valence-corrected chi connectivity index (χ3v) is 2.57. The Balaban J connectivity index is 2.44. The van der Waals surface area contributed by atoms with E-state index in [0.29, 0.717) is 11.1 Å². The predicted molar refractivity (Wildman–Crippen MR) is 63.5 cm³/mol. The van der Waals surface area contributed by atoms with Gasteiger partial charge in [-0.15, -0.1) is 0 Å². The lowest BCUT2D eigenvalue weighted by atomic mass is 10.1. The van der Waals surface area contributed by atoms with Crippen LogP contribution in [0.5, 0.6) is 0 Å². The van der Waals surface area contributed by atoms with Crippen LogP contribution in [0.1, 0.15) is 33.2 Å². The van der Waals surface area contributed by atoms with Gasteiger partial charge >= 0.3 is 0 Å². The average molecular weight is 226 g/mol. The number of carbonyl (C=O) groups is 2. The molecular formula is C14H10O3. The number of ether oxygens (including phenoxy) is 1. The molecule has 84 valence electrons. The Morgan fingerprint density at radius 1 is 1.29 bits per heavy atom. The molecule has 1 atom stereocenters. The Labute approximate surface area is 99.1 Å². The highest BCUT2D eigenvalue weighted by molar-refractivity contribution is 6.28. The molecule has 3 nitrogen and oxygen atoms in total. The minimum absolute atomic E-state index is 0.330. The van der Waals surface area contributed by atoms with E-state index in [0.717, 1.165) is 5.56 Å². The lowest BCUT2D eigenvalue weighted by Crippen LogP contribution is -2.23. The molecule has 1 aromatic carbocycles. The van der Waals surface area contributed by atoms with E-state index in [2.05, 4.69) is 18.6 Å². The number of hydrogen-bond donors (Lipinski definition) is 0. The second-order valence-electron chi connectivity index (χ2n) is 3.59. The smallest absolute Gasteiger partial charge is 0.235 e. The first-order valence-corrected chi connectivity index (χ1v) is 5.11. The largest absolute Gasteiger partial charge is 0.426 e. The standard InChI is InChI=1S/C14H10O3/c1-3-7-17-14-12(15)10-6-5-9(4-2)8-11(10)13(14)16/h4-6,8,14H,2H2,1H3. The minimum atomic E-state index is -1.11. The van der Waals surface area contributed by atoms with Gasteiger partial charge < -0.3 is 4.74 Å². The van der Waals surface area contributed by atoms with Crippen molar-refractivity contribution in [2.75, 3.05) is 0 Å². The molecule has 0 amide bonds. The van der Waals surface area contributed by atoms with Crippen LogP contribution in [0.4, 0.5) is 0 Å². The molecule has 0 saturated carbocycles. The molecule has 0 aliphatic heterocycles. The lowest BCUT2D eigenvalue weighted by molar-refractivity contribution is 0.0659. The highest BCUT2D eigenvalue weighted by Crippen LogP contribution is 2.25. The third kappa shape index (κ3) is 1.74. The Morgan fingerprint density at radius 3 is 2.65 bits per heavy atom. The zero-order valence-electron chi connectivity index (χ0n) is 9.32. The fourth-order valence-corrected chi connectivity index (χ4v) is 1.73. The molecule has 1 unspecified atom stereocenters. The number of carbonyl (C=O) groups excluding carboxylic acids is 2. The predicted octanol–water partition coefficient (Wildman–Crippen LogP) is 2.07. The Morgan fingerprint density at radius 2 is 2.00 bits per heavy atom. The molecule has 0 bridgehead atoms. The summed E-state index contributed by atoms with van der Waals surface area (Å²) in [6.45, 7) is 5.20. The van der Waals surface area contributed by atoms with Crippen LogP contribution in [0.2, 0.25) is 0 Å². The van der Waals surface area contributed by atoms with E-state index in [-0.39, 0.29) is 11.6 Å². The molecule has 0 saturated heterocycles. The van der Waals surface area contributed by atoms with E-state index in [1.165, 1.54) is 0 Å². The normalized spacial score (nSPS) is 17.1. The van der Waals surface area contributed by atoms with E-state index >= 15 is 0 Å². The maximum absolute atomic E-state index is 11.9. The summed E-state index contributed by atoms with van der Waals surface area (Å²) in [7, 11) is 0. The molecule has 1 aliphatic carbocycles. The molecule has 0 N–H and O–H groups in total. The zero-order valence-corrected chi connectivity index (χ0v) is 9.32. The lowest BCUT2D eigenvalue weighted by Gasteiger charge is -2.01. The van der Waals surface area contributed by atoms with Crippen LogP contribution in [0, 0.1) is 12.0 Å². The van der Waals surface area contributed by atoms with E-state index < -0.39 is 6.10 Å². The minimum Gasteiger partial charge on any atom is -0.426 e. The quantitative estimate of drug-likeness (QED) is 0.572. The van der Waals surface area contributed by atoms with Crippen LogP contribution in [-0.4, -0.2) is 17.7 Å². The highest BCUT2D eigenvalue weighted by Gasteiger charge is 2.40. The SMILES string of the molecule is C=Cc1ccc2c(c1)C(=O)C(OC#CC)C2=O. The van der Waals surface area contributed by atoms with Gasteiger partial charge in [-0.25, -0.2) is 0 Å². The van der Waals surface area contributed by atoms with Crippen molar-refractivity contribution in [3.05, 3.63) is 41.5 Å². The molecule has 0 fully saturated rings. The van der Waals surface area contributed by atoms with E-state index in [9.17, 15) is 9.59 Å². The first-order chi connectivity index (χ1) is 8.19. The molecule has 1 aromatic rings. The van der Waals surface area contributed by atoms with Gasteiger partial charge in [0, 0.05) is 18.1 Å². The summed E-state index contributed by atoms with van der Waals surface area (Å²) in [5.74, 6) is 1.83. The fraction of sp³-hybridized carbons (Fsp3) is 0.143. The van der Waals surface area contributed by atoms with Crippen molar-refractivity contribution in [1.82, 2.24) is 0 Å². The van der Waals surface area contributed by atoms with Crippen LogP contribution >= 0.6 is 0 Å². The van der Waals surface area contributed by atoms with Gasteiger partial charge in [0.15, 0.2) is 0 Å². The van der Waals surface area contributed by atoms with Crippen LogP contribution < -0.4 is 0 Å². The molecule has 2 rings (SSSR count). The van der Waals surface area contributed by atoms with Crippen molar-refractivity contribution in [2.45, 2.75) is 13.0 Å². The van der Waals surface area contributed by atoms with Crippen molar-refractivity contribution < 1.29 is 14.3 Å². The Hall–Kier alpha value is -2.34. The monoisotopic (exact) mass is 226 g/mol. The second-order valence-corrected chi connectivity index (χ2v) is 3.59. The topological polar surface area (TPSA) is 43.4 Å². The van der Waals surface area contributed by atoms with Gasteiger partial charge in [0.1, 0.15) is 6.11 Å². The maximum atomic E-state index is 11.9. The van der Waals surface area contributed by atoms with Gasteiger partial charge in [0.25, 0.3) is 0 Å². The summed E-state index contributed by atoms with van der Waals surface area (Å²) < 4.78 is 4.95. The number of Topliss-reactive ketones (excluding diaryl/α,β-unsaturated/α-hetero) is 2. The molecule has 0 heterocycles. The summed E-state index contributed by atoms with van der Waals surface area (Å²) in [5, 5.41) is 0. The first kappa shape index (κ1) is 11.2. The maximum Gasteiger partial charge on any atom is 0.235 e. The zero-order chi connectivity index (χ0) is 12.4. The number of benzene rings is 1. The van der Waals surface area contributed by atoms with Crippen LogP contribution in [0.25, 0.3) is 6.08 Å². The molecular weight excluding hydrogens is 216 g/mol. The van der Waals surface area contributed by atoms with Gasteiger partial charge in [-0.1, -0.05) is 24.6 Å². The molecule has 17 heavy (non-hydrogen) atoms. The third-order valence-electron chi connectivity index (χ3n) is 2.57. The van der Waals surface area contributed by atoms with Gasteiger partial charge in [-0.2, -0.15) is 0 Å². The van der Waals surface area contributed by atoms with E-state index in [1.54, 1.807) is 31.2 Å². The van der Waals surface area contributed by atoms with Crippen molar-refractivity contribution in [3.63, 3.8) is 0 Å². The highest BCUT2D eigenvalue weighted by atomic mass is 16.5. The number of ketones is 2. The molecule has 0 spiro atoms. The summed E-state index contributed by atoms with van der Waals surface area (Å²) >= 11 is 0. The number of hydrogen-bond acceptors (Lipinski definition) is 3. The van der Waals surface area contributed by atoms with Crippen molar-refractivity contribution in [1.29, 1.82) is 0 Å². The summed E-state index contributed by atoms with van der Waals surface area (Å²) in [6.07, 6.45) is 2.81. The summed E-state index contributed by atoms with van der Waals surface area (Å²) in [6, 6.07) is 5.01. The Bertz CT molecular complexity index is 573. The molecule has 0 aromatic heterocycles. The number of fused-ring (bicyclic) bond motifs is 1. The summed E-state index contributed by atoms with van der Waals surface area (Å²) in [5.41, 5.74) is 1.57. The fourth-order valence-electron chi connectivity index (χ4n) is 1.73. The van der Waals surface area contributed by atoms with Gasteiger partial charge in [-0.3, -0.25) is 9.59 Å². The van der Waals surface area contributed by atoms with Crippen LogP contribution in [0.3, 0.4) is 0 Å². The van der Waals surface area contributed by atoms with Gasteiger partial charge in [0.2, 0.25) is 17.7 Å². The van der Waals surface area contributed by atoms with Gasteiger partial charge in [0.05, 0.1) is 0 Å². The van der Waals surface area contributed by atoms with Crippen LogP contribution in [-0.2, 0) is 4.74 Å². The van der Waals surface area contributed by atoms with E-state index in [1.807, 2.05) is 0 Å². The van der Waals surface area contributed by atoms with Crippen molar-refractivity contribution in [3.8, 4) is 12.0 Å². The molecule has 3 heteroatoms. The Kier molecular flexibility index (Phi) is 2.80.